The number of nitrogen functional groups attached to an aromatic ring is 1. The van der Waals surface area contributed by atoms with Crippen LogP contribution in [0.3, 0.4) is 0 Å². The van der Waals surface area contributed by atoms with E-state index in [2.05, 4.69) is 37.1 Å². The number of nitrogens with two attached hydrogens (primary N) is 1. The van der Waals surface area contributed by atoms with Gasteiger partial charge in [-0.2, -0.15) is 5.10 Å². The highest BCUT2D eigenvalue weighted by Gasteiger charge is 2.22. The van der Waals surface area contributed by atoms with Gasteiger partial charge in [0.25, 0.3) is 0 Å². The third-order valence-corrected chi connectivity index (χ3v) is 6.96. The summed E-state index contributed by atoms with van der Waals surface area (Å²) in [7, 11) is 2.16. The van der Waals surface area contributed by atoms with E-state index in [0.717, 1.165) is 30.8 Å². The molecule has 0 aromatic carbocycles. The molecular formula is C20H26ClN7S. The molecule has 5 rings (SSSR count). The Morgan fingerprint density at radius 1 is 1.14 bits per heavy atom. The summed E-state index contributed by atoms with van der Waals surface area (Å²) in [4.78, 5) is 16.0. The predicted octanol–water partition coefficient (Wildman–Crippen LogP) is 3.93. The second-order valence-corrected chi connectivity index (χ2v) is 9.12. The number of aromatic nitrogens is 5. The summed E-state index contributed by atoms with van der Waals surface area (Å²) in [6.07, 6.45) is 12.7. The smallest absolute Gasteiger partial charge is 0.220 e. The first kappa shape index (κ1) is 20.3. The average molecular weight is 432 g/mol. The molecule has 0 saturated carbocycles. The maximum atomic E-state index is 6.14. The van der Waals surface area contributed by atoms with Crippen molar-refractivity contribution in [3.8, 4) is 10.6 Å². The van der Waals surface area contributed by atoms with Gasteiger partial charge in [-0.05, 0) is 64.2 Å². The van der Waals surface area contributed by atoms with Crippen molar-refractivity contribution in [1.82, 2.24) is 30.0 Å². The van der Waals surface area contributed by atoms with E-state index in [1.807, 2.05) is 12.4 Å². The number of thiazole rings is 1. The van der Waals surface area contributed by atoms with Crippen LogP contribution in [0, 0.1) is 0 Å². The number of anilines is 1. The monoisotopic (exact) mass is 431 g/mol. The van der Waals surface area contributed by atoms with E-state index in [1.165, 1.54) is 48.1 Å². The second kappa shape index (κ2) is 9.19. The normalized spacial score (nSPS) is 17.4. The van der Waals surface area contributed by atoms with Crippen molar-refractivity contribution in [1.29, 1.82) is 0 Å². The number of H-pyrrole nitrogens is 1. The Kier molecular flexibility index (Phi) is 6.42. The van der Waals surface area contributed by atoms with Gasteiger partial charge in [0, 0.05) is 17.8 Å². The van der Waals surface area contributed by atoms with Gasteiger partial charge in [-0.15, -0.1) is 11.3 Å². The number of aryl methyl sites for hydroxylation is 2. The maximum absolute atomic E-state index is 6.14. The molecule has 29 heavy (non-hydrogen) atoms. The summed E-state index contributed by atoms with van der Waals surface area (Å²) >= 11 is 7.79. The van der Waals surface area contributed by atoms with Crippen LogP contribution < -0.4 is 5.73 Å². The lowest BCUT2D eigenvalue weighted by Gasteiger charge is -2.27. The van der Waals surface area contributed by atoms with Gasteiger partial charge in [0.05, 0.1) is 27.3 Å². The Balaban J connectivity index is 0.000000188. The van der Waals surface area contributed by atoms with Crippen LogP contribution in [-0.2, 0) is 12.8 Å². The minimum Gasteiger partial charge on any atom is -0.368 e. The van der Waals surface area contributed by atoms with E-state index in [1.54, 1.807) is 11.3 Å². The van der Waals surface area contributed by atoms with E-state index >= 15 is 0 Å². The third-order valence-electron chi connectivity index (χ3n) is 5.52. The Labute approximate surface area is 179 Å². The van der Waals surface area contributed by atoms with Crippen LogP contribution >= 0.6 is 22.9 Å². The van der Waals surface area contributed by atoms with Crippen molar-refractivity contribution in [3.05, 3.63) is 39.9 Å². The summed E-state index contributed by atoms with van der Waals surface area (Å²) in [5.41, 5.74) is 9.10. The highest BCUT2D eigenvalue weighted by Crippen LogP contribution is 2.36. The third kappa shape index (κ3) is 4.94. The number of fused-ring (bicyclic) bond motifs is 1. The zero-order valence-electron chi connectivity index (χ0n) is 16.6. The first-order valence-corrected chi connectivity index (χ1v) is 11.2. The summed E-state index contributed by atoms with van der Waals surface area (Å²) in [5, 5.41) is 8.67. The molecule has 3 aromatic rings. The van der Waals surface area contributed by atoms with Gasteiger partial charge in [0.1, 0.15) is 5.69 Å². The fourth-order valence-electron chi connectivity index (χ4n) is 3.78. The zero-order valence-corrected chi connectivity index (χ0v) is 18.1. The van der Waals surface area contributed by atoms with Crippen LogP contribution in [0.15, 0.2) is 18.6 Å². The van der Waals surface area contributed by atoms with Crippen molar-refractivity contribution in [2.24, 2.45) is 0 Å². The molecule has 4 heterocycles. The molecule has 2 aliphatic rings. The summed E-state index contributed by atoms with van der Waals surface area (Å²) in [6.45, 7) is 2.25. The number of nitrogens with zero attached hydrogens (tertiary/aromatic N) is 5. The number of hydrogen-bond donors (Lipinski definition) is 2. The lowest BCUT2D eigenvalue weighted by molar-refractivity contribution is 0.255. The molecule has 0 unspecified atom stereocenters. The van der Waals surface area contributed by atoms with E-state index in [0.29, 0.717) is 16.6 Å². The van der Waals surface area contributed by atoms with Gasteiger partial charge in [0.15, 0.2) is 0 Å². The molecule has 1 aliphatic carbocycles. The first-order valence-electron chi connectivity index (χ1n) is 10.0. The standard InChI is InChI=1S/C13H16ClN5S.C7H10N2/c1-19-4-2-8(3-5-19)12-16-7-10(20-12)11-9(14)6-17-13(15)18-11;1-2-4-7-6(3-1)5-8-9-7/h6-8H,2-5H2,1H3,(H2,15,17,18);5H,1-4H2,(H,8,9). The molecule has 1 fully saturated rings. The summed E-state index contributed by atoms with van der Waals surface area (Å²) in [6, 6.07) is 0. The zero-order chi connectivity index (χ0) is 20.2. The number of aromatic amines is 1. The van der Waals surface area contributed by atoms with Gasteiger partial charge in [-0.1, -0.05) is 11.6 Å². The molecular weight excluding hydrogens is 406 g/mol. The molecule has 0 amide bonds. The van der Waals surface area contributed by atoms with Crippen molar-refractivity contribution in [2.45, 2.75) is 44.4 Å². The summed E-state index contributed by atoms with van der Waals surface area (Å²) in [5.74, 6) is 0.779. The van der Waals surface area contributed by atoms with E-state index < -0.39 is 0 Å². The number of rotatable bonds is 2. The van der Waals surface area contributed by atoms with Crippen molar-refractivity contribution in [2.75, 3.05) is 25.9 Å². The second-order valence-electron chi connectivity index (χ2n) is 7.65. The van der Waals surface area contributed by atoms with Crippen LogP contribution in [0.25, 0.3) is 10.6 Å². The Morgan fingerprint density at radius 3 is 2.72 bits per heavy atom. The Hall–Kier alpha value is -2.03. The molecule has 1 aliphatic heterocycles. The Morgan fingerprint density at radius 2 is 1.93 bits per heavy atom. The quantitative estimate of drug-likeness (QED) is 0.638. The topological polar surface area (TPSA) is 96.6 Å². The van der Waals surface area contributed by atoms with Gasteiger partial charge in [-0.3, -0.25) is 5.10 Å². The number of halogens is 1. The molecule has 154 valence electrons. The minimum atomic E-state index is 0.235. The highest BCUT2D eigenvalue weighted by molar-refractivity contribution is 7.15. The Bertz CT molecular complexity index is 925. The van der Waals surface area contributed by atoms with Crippen LogP contribution in [0.2, 0.25) is 5.02 Å². The number of piperidine rings is 1. The van der Waals surface area contributed by atoms with Crippen LogP contribution in [0.5, 0.6) is 0 Å². The van der Waals surface area contributed by atoms with Crippen molar-refractivity contribution >= 4 is 28.9 Å². The minimum absolute atomic E-state index is 0.235. The lowest BCUT2D eigenvalue weighted by Crippen LogP contribution is -2.29. The van der Waals surface area contributed by atoms with Crippen molar-refractivity contribution < 1.29 is 0 Å². The van der Waals surface area contributed by atoms with E-state index in [4.69, 9.17) is 17.3 Å². The number of nitrogens with one attached hydrogen (secondary N) is 1. The largest absolute Gasteiger partial charge is 0.368 e. The van der Waals surface area contributed by atoms with Crippen LogP contribution in [0.1, 0.15) is 47.9 Å². The van der Waals surface area contributed by atoms with Crippen LogP contribution in [-0.4, -0.2) is 50.2 Å². The van der Waals surface area contributed by atoms with Gasteiger partial charge < -0.3 is 10.6 Å². The van der Waals surface area contributed by atoms with Crippen LogP contribution in [0.4, 0.5) is 5.95 Å². The molecule has 3 N–H and O–H groups in total. The first-order chi connectivity index (χ1) is 14.1. The van der Waals surface area contributed by atoms with Gasteiger partial charge in [0.2, 0.25) is 5.95 Å². The number of likely N-dealkylation sites (tertiary alicyclic amines) is 1. The van der Waals surface area contributed by atoms with Gasteiger partial charge >= 0.3 is 0 Å². The number of hydrogen-bond acceptors (Lipinski definition) is 7. The van der Waals surface area contributed by atoms with E-state index in [9.17, 15) is 0 Å². The summed E-state index contributed by atoms with van der Waals surface area (Å²) < 4.78 is 0. The molecule has 0 atom stereocenters. The predicted molar refractivity (Wildman–Crippen MR) is 117 cm³/mol. The molecule has 3 aromatic heterocycles. The fraction of sp³-hybridized carbons (Fsp3) is 0.500. The van der Waals surface area contributed by atoms with E-state index in [-0.39, 0.29) is 5.95 Å². The molecule has 9 heteroatoms. The van der Waals surface area contributed by atoms with Crippen molar-refractivity contribution in [3.63, 3.8) is 0 Å². The average Bonchev–Trinajstić information content (AvgIpc) is 3.40. The molecule has 0 bridgehead atoms. The maximum Gasteiger partial charge on any atom is 0.220 e. The highest BCUT2D eigenvalue weighted by atomic mass is 35.5. The molecule has 7 nitrogen and oxygen atoms in total. The molecule has 0 spiro atoms. The molecule has 0 radical (unpaired) electrons. The SMILES string of the molecule is CN1CCC(c2ncc(-c3nc(N)ncc3Cl)s2)CC1.c1n[nH]c2c1CCCC2. The molecule has 1 saturated heterocycles. The fourth-order valence-corrected chi connectivity index (χ4v) is 5.12. The lowest BCUT2D eigenvalue weighted by atomic mass is 9.98. The van der Waals surface area contributed by atoms with Gasteiger partial charge in [-0.25, -0.2) is 15.0 Å².